The van der Waals surface area contributed by atoms with E-state index < -0.39 is 0 Å². The fourth-order valence-electron chi connectivity index (χ4n) is 0.868. The number of esters is 1. The van der Waals surface area contributed by atoms with E-state index in [1.807, 2.05) is 21.6 Å². The monoisotopic (exact) mass is 192 g/mol. The van der Waals surface area contributed by atoms with Gasteiger partial charge < -0.3 is 4.74 Å². The minimum atomic E-state index is -0.159. The fourth-order valence-corrected chi connectivity index (χ4v) is 3.48. The van der Waals surface area contributed by atoms with Crippen LogP contribution in [0.15, 0.2) is 0 Å². The van der Waals surface area contributed by atoms with E-state index in [0.29, 0.717) is 12.5 Å². The van der Waals surface area contributed by atoms with Crippen LogP contribution in [-0.2, 0) is 9.53 Å². The van der Waals surface area contributed by atoms with Crippen LogP contribution in [0.4, 0.5) is 0 Å². The number of carbonyl (C=O) groups is 1. The van der Waals surface area contributed by atoms with Crippen molar-refractivity contribution in [3.63, 3.8) is 0 Å². The van der Waals surface area contributed by atoms with Crippen LogP contribution >= 0.6 is 21.6 Å². The lowest BCUT2D eigenvalue weighted by Crippen LogP contribution is -2.17. The van der Waals surface area contributed by atoms with Gasteiger partial charge in [0.15, 0.2) is 0 Å². The molecule has 1 unspecified atom stereocenters. The maximum atomic E-state index is 10.5. The van der Waals surface area contributed by atoms with E-state index in [-0.39, 0.29) is 5.97 Å². The first-order chi connectivity index (χ1) is 5.29. The molecule has 1 rings (SSSR count). The topological polar surface area (TPSA) is 26.3 Å². The first kappa shape index (κ1) is 9.26. The highest BCUT2D eigenvalue weighted by Crippen LogP contribution is 2.32. The third-order valence-electron chi connectivity index (χ3n) is 1.52. The van der Waals surface area contributed by atoms with Crippen LogP contribution in [-0.4, -0.2) is 24.1 Å². The number of hydrogen-bond donors (Lipinski definition) is 0. The van der Waals surface area contributed by atoms with Gasteiger partial charge in [-0.25, -0.2) is 0 Å². The van der Waals surface area contributed by atoms with Crippen LogP contribution in [0.25, 0.3) is 0 Å². The zero-order chi connectivity index (χ0) is 8.10. The van der Waals surface area contributed by atoms with Crippen LogP contribution in [0.3, 0.4) is 0 Å². The van der Waals surface area contributed by atoms with Gasteiger partial charge in [0.1, 0.15) is 0 Å². The van der Waals surface area contributed by atoms with Gasteiger partial charge >= 0.3 is 5.97 Å². The lowest BCUT2D eigenvalue weighted by Gasteiger charge is -2.19. The molecule has 0 aromatic rings. The molecule has 0 amide bonds. The number of hydrogen-bond acceptors (Lipinski definition) is 4. The zero-order valence-electron chi connectivity index (χ0n) is 6.54. The molecule has 1 heterocycles. The second-order valence-corrected chi connectivity index (χ2v) is 5.19. The molecule has 0 N–H and O–H groups in total. The van der Waals surface area contributed by atoms with Crippen molar-refractivity contribution in [3.8, 4) is 0 Å². The Bertz CT molecular complexity index is 132. The van der Waals surface area contributed by atoms with Crippen LogP contribution < -0.4 is 0 Å². The maximum absolute atomic E-state index is 10.5. The van der Waals surface area contributed by atoms with Crippen LogP contribution in [0.5, 0.6) is 0 Å². The summed E-state index contributed by atoms with van der Waals surface area (Å²) in [6.07, 6.45) is 1.19. The molecular formula is C7H12O2S2. The van der Waals surface area contributed by atoms with Gasteiger partial charge in [-0.2, -0.15) is 0 Å². The van der Waals surface area contributed by atoms with Gasteiger partial charge in [0.2, 0.25) is 0 Å². The van der Waals surface area contributed by atoms with Gasteiger partial charge in [0, 0.05) is 24.3 Å². The van der Waals surface area contributed by atoms with Crippen molar-refractivity contribution in [2.75, 3.05) is 18.1 Å². The van der Waals surface area contributed by atoms with E-state index in [4.69, 9.17) is 4.74 Å². The second-order valence-electron chi connectivity index (χ2n) is 2.56. The lowest BCUT2D eigenvalue weighted by atomic mass is 10.1. The third-order valence-corrected chi connectivity index (χ3v) is 4.10. The third kappa shape index (κ3) is 3.91. The summed E-state index contributed by atoms with van der Waals surface area (Å²) in [5, 5.41) is 0. The fraction of sp³-hybridized carbons (Fsp3) is 0.857. The summed E-state index contributed by atoms with van der Waals surface area (Å²) < 4.78 is 4.92. The molecule has 0 saturated carbocycles. The van der Waals surface area contributed by atoms with E-state index >= 15 is 0 Å². The Hall–Kier alpha value is 0.170. The summed E-state index contributed by atoms with van der Waals surface area (Å²) in [6, 6.07) is 0. The van der Waals surface area contributed by atoms with Crippen molar-refractivity contribution in [1.82, 2.24) is 0 Å². The predicted molar refractivity (Wildman–Crippen MR) is 49.7 cm³/mol. The molecule has 1 saturated heterocycles. The molecule has 2 nitrogen and oxygen atoms in total. The van der Waals surface area contributed by atoms with E-state index in [9.17, 15) is 4.79 Å². The van der Waals surface area contributed by atoms with Crippen molar-refractivity contribution in [2.24, 2.45) is 5.92 Å². The summed E-state index contributed by atoms with van der Waals surface area (Å²) in [6.45, 7) is 2.08. The van der Waals surface area contributed by atoms with Crippen molar-refractivity contribution in [3.05, 3.63) is 0 Å². The summed E-state index contributed by atoms with van der Waals surface area (Å²) in [4.78, 5) is 10.5. The molecule has 64 valence electrons. The molecule has 0 aromatic carbocycles. The average molecular weight is 192 g/mol. The van der Waals surface area contributed by atoms with E-state index in [2.05, 4.69) is 0 Å². The number of ether oxygens (including phenoxy) is 1. The molecule has 1 atom stereocenters. The Kier molecular flexibility index (Phi) is 4.15. The minimum absolute atomic E-state index is 0.159. The molecule has 1 fully saturated rings. The van der Waals surface area contributed by atoms with Gasteiger partial charge in [-0.3, -0.25) is 4.79 Å². The Morgan fingerprint density at radius 3 is 3.00 bits per heavy atom. The molecular weight excluding hydrogens is 180 g/mol. The van der Waals surface area contributed by atoms with Crippen molar-refractivity contribution < 1.29 is 9.53 Å². The summed E-state index contributed by atoms with van der Waals surface area (Å²) in [5.74, 6) is 2.74. The molecule has 11 heavy (non-hydrogen) atoms. The number of carbonyl (C=O) groups excluding carboxylic acids is 1. The van der Waals surface area contributed by atoms with E-state index in [1.54, 1.807) is 0 Å². The summed E-state index contributed by atoms with van der Waals surface area (Å²) in [7, 11) is 3.79. The Morgan fingerprint density at radius 2 is 2.45 bits per heavy atom. The quantitative estimate of drug-likeness (QED) is 0.493. The molecule has 0 bridgehead atoms. The lowest BCUT2D eigenvalue weighted by molar-refractivity contribution is -0.142. The molecule has 0 aliphatic carbocycles. The smallest absolute Gasteiger partial charge is 0.302 e. The Morgan fingerprint density at radius 1 is 1.64 bits per heavy atom. The van der Waals surface area contributed by atoms with Gasteiger partial charge in [-0.1, -0.05) is 21.6 Å². The highest BCUT2D eigenvalue weighted by atomic mass is 33.1. The SMILES string of the molecule is CC(=O)OCC1CCSSC1. The standard InChI is InChI=1S/C7H12O2S2/c1-6(8)9-4-7-2-3-10-11-5-7/h7H,2-5H2,1H3. The first-order valence-corrected chi connectivity index (χ1v) is 6.15. The predicted octanol–water partition coefficient (Wildman–Crippen LogP) is 1.95. The zero-order valence-corrected chi connectivity index (χ0v) is 8.17. The highest BCUT2D eigenvalue weighted by molar-refractivity contribution is 8.76. The van der Waals surface area contributed by atoms with Crippen molar-refractivity contribution >= 4 is 27.6 Å². The molecule has 1 aliphatic heterocycles. The highest BCUT2D eigenvalue weighted by Gasteiger charge is 2.14. The van der Waals surface area contributed by atoms with Crippen molar-refractivity contribution in [1.29, 1.82) is 0 Å². The summed E-state index contributed by atoms with van der Waals surface area (Å²) >= 11 is 0. The van der Waals surface area contributed by atoms with Gasteiger partial charge in [0.25, 0.3) is 0 Å². The van der Waals surface area contributed by atoms with Crippen LogP contribution in [0.1, 0.15) is 13.3 Å². The second kappa shape index (κ2) is 4.93. The molecule has 0 spiro atoms. The van der Waals surface area contributed by atoms with Gasteiger partial charge in [-0.05, 0) is 6.42 Å². The molecule has 4 heteroatoms. The van der Waals surface area contributed by atoms with E-state index in [1.165, 1.54) is 19.1 Å². The first-order valence-electron chi connectivity index (χ1n) is 3.67. The molecule has 0 aromatic heterocycles. The largest absolute Gasteiger partial charge is 0.466 e. The molecule has 1 aliphatic rings. The van der Waals surface area contributed by atoms with Crippen LogP contribution in [0, 0.1) is 5.92 Å². The average Bonchev–Trinajstić information content (AvgIpc) is 2.03. The Balaban J connectivity index is 2.09. The van der Waals surface area contributed by atoms with E-state index in [0.717, 1.165) is 5.75 Å². The maximum Gasteiger partial charge on any atom is 0.302 e. The molecule has 0 radical (unpaired) electrons. The van der Waals surface area contributed by atoms with Gasteiger partial charge in [0.05, 0.1) is 6.61 Å². The minimum Gasteiger partial charge on any atom is -0.466 e. The van der Waals surface area contributed by atoms with Crippen LogP contribution in [0.2, 0.25) is 0 Å². The number of rotatable bonds is 2. The normalized spacial score (nSPS) is 24.6. The van der Waals surface area contributed by atoms with Crippen molar-refractivity contribution in [2.45, 2.75) is 13.3 Å². The Labute approximate surface area is 74.8 Å². The summed E-state index contributed by atoms with van der Waals surface area (Å²) in [5.41, 5.74) is 0. The van der Waals surface area contributed by atoms with Gasteiger partial charge in [-0.15, -0.1) is 0 Å².